The van der Waals surface area contributed by atoms with Gasteiger partial charge in [0.25, 0.3) is 0 Å². The van der Waals surface area contributed by atoms with E-state index in [1.54, 1.807) is 12.1 Å². The molecule has 0 spiro atoms. The summed E-state index contributed by atoms with van der Waals surface area (Å²) in [4.78, 5) is 25.7. The third-order valence-electron chi connectivity index (χ3n) is 7.82. The third kappa shape index (κ3) is 6.38. The lowest BCUT2D eigenvalue weighted by Crippen LogP contribution is -2.38. The number of aliphatic hydroxyl groups is 1. The van der Waals surface area contributed by atoms with Crippen molar-refractivity contribution in [3.8, 4) is 6.07 Å². The Morgan fingerprint density at radius 3 is 2.51 bits per heavy atom. The van der Waals surface area contributed by atoms with Crippen LogP contribution in [0.2, 0.25) is 10.0 Å². The number of hydrogen-bond donors (Lipinski definition) is 4. The Morgan fingerprint density at radius 2 is 1.95 bits per heavy atom. The number of aryl methyl sites for hydroxylation is 1. The number of amides is 1. The molecule has 1 amide bonds. The van der Waals surface area contributed by atoms with Crippen molar-refractivity contribution in [1.82, 2.24) is 9.55 Å². The number of hydrogen-bond acceptors (Lipinski definition) is 6. The van der Waals surface area contributed by atoms with E-state index in [9.17, 15) is 15.2 Å². The Hall–Kier alpha value is -3.13. The van der Waals surface area contributed by atoms with Gasteiger partial charge in [-0.25, -0.2) is 15.0 Å². The molecule has 1 aromatic carbocycles. The first-order chi connectivity index (χ1) is 18.5. The van der Waals surface area contributed by atoms with E-state index in [0.29, 0.717) is 66.8 Å². The van der Waals surface area contributed by atoms with Crippen molar-refractivity contribution in [2.24, 2.45) is 21.1 Å². The first kappa shape index (κ1) is 28.9. The standard InChI is InChI=1S/C27H34Cl2N8O2/c1-15-23(36-25(32-3)34-17-5-4-6-19(38)13-17)37(18-7-9-27(2,10-8-18)24(31)39)26(33-15)35-22-20(28)11-16(14-30)12-21(22)29/h11-12,17-19,38H,3-10,13H2,1-2H3,(H2,31,39)(H,33,35)(H,34,36)/t17-,18?,19+,27?/m1/s1. The summed E-state index contributed by atoms with van der Waals surface area (Å²) in [6, 6.07) is 5.04. The van der Waals surface area contributed by atoms with Crippen molar-refractivity contribution >= 4 is 59.2 Å². The minimum atomic E-state index is -0.565. The zero-order chi connectivity index (χ0) is 28.3. The number of aliphatic imine (C=N–C) groups is 2. The van der Waals surface area contributed by atoms with Crippen LogP contribution in [-0.2, 0) is 4.79 Å². The van der Waals surface area contributed by atoms with Gasteiger partial charge < -0.3 is 21.5 Å². The van der Waals surface area contributed by atoms with Crippen LogP contribution in [0.1, 0.15) is 75.6 Å². The van der Waals surface area contributed by atoms with E-state index >= 15 is 0 Å². The number of nitrogens with zero attached hydrogens (tertiary/aromatic N) is 5. The van der Waals surface area contributed by atoms with Gasteiger partial charge in [0.15, 0.2) is 0 Å². The second-order valence-corrected chi connectivity index (χ2v) is 11.5. The maximum Gasteiger partial charge on any atom is 0.223 e. The molecule has 0 unspecified atom stereocenters. The molecule has 2 aliphatic carbocycles. The van der Waals surface area contributed by atoms with E-state index in [1.165, 1.54) is 0 Å². The summed E-state index contributed by atoms with van der Waals surface area (Å²) in [7, 11) is 0. The van der Waals surface area contributed by atoms with Gasteiger partial charge in [-0.2, -0.15) is 5.26 Å². The number of halogens is 2. The molecule has 2 aromatic rings. The molecule has 1 aromatic heterocycles. The van der Waals surface area contributed by atoms with Gasteiger partial charge >= 0.3 is 0 Å². The van der Waals surface area contributed by atoms with Crippen LogP contribution in [0.25, 0.3) is 0 Å². The van der Waals surface area contributed by atoms with E-state index in [0.717, 1.165) is 19.3 Å². The average Bonchev–Trinajstić information content (AvgIpc) is 3.20. The Balaban J connectivity index is 1.72. The predicted molar refractivity (Wildman–Crippen MR) is 155 cm³/mol. The van der Waals surface area contributed by atoms with Crippen molar-refractivity contribution < 1.29 is 9.90 Å². The molecule has 12 heteroatoms. The van der Waals surface area contributed by atoms with Crippen LogP contribution in [0.15, 0.2) is 22.1 Å². The van der Waals surface area contributed by atoms with E-state index in [1.807, 2.05) is 24.5 Å². The summed E-state index contributed by atoms with van der Waals surface area (Å²) >= 11 is 13.0. The maximum atomic E-state index is 12.1. The van der Waals surface area contributed by atoms with E-state index < -0.39 is 5.41 Å². The normalized spacial score (nSPS) is 25.5. The second-order valence-electron chi connectivity index (χ2n) is 10.7. The first-order valence-corrected chi connectivity index (χ1v) is 13.8. The Morgan fingerprint density at radius 1 is 1.28 bits per heavy atom. The molecule has 2 atom stereocenters. The SMILES string of the molecule is C=NC(=N[C@@H]1CCC[C@H](O)C1)Nc1c(C)nc(Nc2c(Cl)cc(C#N)cc2Cl)n1C1CCC(C)(C(N)=O)CC1. The summed E-state index contributed by atoms with van der Waals surface area (Å²) in [6.45, 7) is 7.48. The largest absolute Gasteiger partial charge is 0.393 e. The predicted octanol–water partition coefficient (Wildman–Crippen LogP) is 5.49. The molecule has 4 rings (SSSR count). The number of nitriles is 1. The van der Waals surface area contributed by atoms with Crippen LogP contribution in [-0.4, -0.2) is 45.4 Å². The summed E-state index contributed by atoms with van der Waals surface area (Å²) in [5.41, 5.74) is 6.60. The quantitative estimate of drug-likeness (QED) is 0.265. The highest BCUT2D eigenvalue weighted by molar-refractivity contribution is 6.39. The highest BCUT2D eigenvalue weighted by Gasteiger charge is 2.38. The number of guanidine groups is 1. The fraction of sp³-hybridized carbons (Fsp3) is 0.519. The fourth-order valence-corrected chi connectivity index (χ4v) is 5.98. The number of anilines is 3. The van der Waals surface area contributed by atoms with Gasteiger partial charge in [-0.05, 0) is 77.1 Å². The Kier molecular flexibility index (Phi) is 8.84. The Labute approximate surface area is 238 Å². The molecule has 0 aliphatic heterocycles. The molecule has 39 heavy (non-hydrogen) atoms. The molecule has 2 saturated carbocycles. The van der Waals surface area contributed by atoms with Crippen molar-refractivity contribution in [1.29, 1.82) is 5.26 Å². The van der Waals surface area contributed by atoms with Crippen LogP contribution in [0.4, 0.5) is 17.5 Å². The maximum absolute atomic E-state index is 12.1. The number of nitrogens with one attached hydrogen (secondary N) is 2. The van der Waals surface area contributed by atoms with Gasteiger partial charge in [-0.3, -0.25) is 9.36 Å². The number of nitrogens with two attached hydrogens (primary N) is 1. The molecule has 2 fully saturated rings. The summed E-state index contributed by atoms with van der Waals surface area (Å²) in [6.07, 6.45) is 5.39. The van der Waals surface area contributed by atoms with Crippen LogP contribution in [0.3, 0.4) is 0 Å². The molecule has 10 nitrogen and oxygen atoms in total. The number of carbonyl (C=O) groups excluding carboxylic acids is 1. The van der Waals surface area contributed by atoms with Crippen LogP contribution < -0.4 is 16.4 Å². The number of rotatable bonds is 6. The van der Waals surface area contributed by atoms with Gasteiger partial charge in [-0.15, -0.1) is 0 Å². The van der Waals surface area contributed by atoms with E-state index in [-0.39, 0.29) is 34.1 Å². The molecule has 0 saturated heterocycles. The lowest BCUT2D eigenvalue weighted by Gasteiger charge is -2.36. The summed E-state index contributed by atoms with van der Waals surface area (Å²) in [5, 5.41) is 26.5. The van der Waals surface area contributed by atoms with Crippen LogP contribution >= 0.6 is 23.2 Å². The molecule has 1 heterocycles. The number of aromatic nitrogens is 2. The lowest BCUT2D eigenvalue weighted by molar-refractivity contribution is -0.128. The number of carbonyl (C=O) groups is 1. The highest BCUT2D eigenvalue weighted by Crippen LogP contribution is 2.44. The average molecular weight is 574 g/mol. The van der Waals surface area contributed by atoms with Crippen molar-refractivity contribution in [2.75, 3.05) is 10.6 Å². The van der Waals surface area contributed by atoms with Gasteiger partial charge in [0.05, 0.1) is 45.2 Å². The van der Waals surface area contributed by atoms with E-state index in [4.69, 9.17) is 38.9 Å². The van der Waals surface area contributed by atoms with Crippen LogP contribution in [0.5, 0.6) is 0 Å². The van der Waals surface area contributed by atoms with Gasteiger partial charge in [0.2, 0.25) is 17.8 Å². The minimum absolute atomic E-state index is 0.0258. The topological polar surface area (TPSA) is 154 Å². The number of benzene rings is 1. The molecule has 2 aliphatic rings. The third-order valence-corrected chi connectivity index (χ3v) is 8.41. The van der Waals surface area contributed by atoms with Gasteiger partial charge in [0.1, 0.15) is 5.82 Å². The highest BCUT2D eigenvalue weighted by atomic mass is 35.5. The lowest BCUT2D eigenvalue weighted by atomic mass is 9.73. The van der Waals surface area contributed by atoms with Gasteiger partial charge in [-0.1, -0.05) is 30.1 Å². The molecule has 208 valence electrons. The van der Waals surface area contributed by atoms with Crippen molar-refractivity contribution in [2.45, 2.75) is 83.4 Å². The zero-order valence-electron chi connectivity index (χ0n) is 22.2. The summed E-state index contributed by atoms with van der Waals surface area (Å²) < 4.78 is 2.02. The molecular formula is C27H34Cl2N8O2. The first-order valence-electron chi connectivity index (χ1n) is 13.1. The Bertz CT molecular complexity index is 1300. The molecule has 0 radical (unpaired) electrons. The van der Waals surface area contributed by atoms with Gasteiger partial charge in [0, 0.05) is 11.5 Å². The van der Waals surface area contributed by atoms with Crippen molar-refractivity contribution in [3.05, 3.63) is 33.4 Å². The van der Waals surface area contributed by atoms with Crippen LogP contribution in [0, 0.1) is 23.7 Å². The number of primary amides is 1. The number of imidazole rings is 1. The monoisotopic (exact) mass is 572 g/mol. The summed E-state index contributed by atoms with van der Waals surface area (Å²) in [5.74, 6) is 1.22. The molecule has 5 N–H and O–H groups in total. The number of aliphatic hydroxyl groups excluding tert-OH is 1. The molecular weight excluding hydrogens is 539 g/mol. The second kappa shape index (κ2) is 11.9. The van der Waals surface area contributed by atoms with Crippen molar-refractivity contribution in [3.63, 3.8) is 0 Å². The molecule has 0 bridgehead atoms. The zero-order valence-corrected chi connectivity index (χ0v) is 23.7. The van der Waals surface area contributed by atoms with E-state index in [2.05, 4.69) is 22.3 Å². The fourth-order valence-electron chi connectivity index (χ4n) is 5.40. The smallest absolute Gasteiger partial charge is 0.223 e. The minimum Gasteiger partial charge on any atom is -0.393 e.